The molecule has 9 heteroatoms. The molecule has 0 radical (unpaired) electrons. The van der Waals surface area contributed by atoms with E-state index in [2.05, 4.69) is 22.6 Å². The van der Waals surface area contributed by atoms with Crippen molar-refractivity contribution in [1.29, 1.82) is 0 Å². The van der Waals surface area contributed by atoms with Gasteiger partial charge in [0.25, 0.3) is 0 Å². The molecule has 1 aliphatic heterocycles. The molecule has 172 valence electrons. The van der Waals surface area contributed by atoms with Gasteiger partial charge in [-0.1, -0.05) is 49.7 Å². The topological polar surface area (TPSA) is 62.0 Å². The minimum Gasteiger partial charge on any atom is -0.494 e. The Morgan fingerprint density at radius 2 is 1.81 bits per heavy atom. The summed E-state index contributed by atoms with van der Waals surface area (Å²) in [6.45, 7) is 3.52. The lowest BCUT2D eigenvalue weighted by molar-refractivity contribution is 0.257. The van der Waals surface area contributed by atoms with Crippen molar-refractivity contribution < 1.29 is 9.53 Å². The Morgan fingerprint density at radius 1 is 1.09 bits per heavy atom. The normalized spacial score (nSPS) is 13.5. The van der Waals surface area contributed by atoms with Crippen LogP contribution in [-0.2, 0) is 0 Å². The maximum absolute atomic E-state index is 11.2. The lowest BCUT2D eigenvalue weighted by Gasteiger charge is -2.22. The molecule has 1 saturated heterocycles. The smallest absolute Gasteiger partial charge is 0.329 e. The molecule has 2 aromatic carbocycles. The molecule has 1 fully saturated rings. The van der Waals surface area contributed by atoms with Crippen molar-refractivity contribution in [3.05, 3.63) is 53.6 Å². The number of carbonyl (C=O) groups is 1. The predicted octanol–water partition coefficient (Wildman–Crippen LogP) is 5.51. The second-order valence-electron chi connectivity index (χ2n) is 7.66. The first-order valence-corrected chi connectivity index (χ1v) is 12.0. The van der Waals surface area contributed by atoms with Crippen LogP contribution >= 0.6 is 36.6 Å². The molecule has 0 aromatic heterocycles. The first kappa shape index (κ1) is 24.5. The molecule has 0 aliphatic carbocycles. The van der Waals surface area contributed by atoms with Gasteiger partial charge in [-0.25, -0.2) is 9.10 Å². The number of thiol groups is 1. The number of hydrogen-bond acceptors (Lipinski definition) is 4. The van der Waals surface area contributed by atoms with Gasteiger partial charge in [-0.3, -0.25) is 0 Å². The quantitative estimate of drug-likeness (QED) is 0.246. The van der Waals surface area contributed by atoms with Crippen molar-refractivity contribution in [2.75, 3.05) is 35.4 Å². The Hall–Kier alpha value is -2.16. The van der Waals surface area contributed by atoms with Crippen molar-refractivity contribution in [1.82, 2.24) is 4.90 Å². The van der Waals surface area contributed by atoms with E-state index in [1.165, 1.54) is 6.42 Å². The summed E-state index contributed by atoms with van der Waals surface area (Å²) in [5.41, 5.74) is 6.93. The van der Waals surface area contributed by atoms with Gasteiger partial charge in [-0.05, 0) is 61.5 Å². The number of halogens is 1. The van der Waals surface area contributed by atoms with Gasteiger partial charge in [-0.15, -0.1) is 0 Å². The number of primary amides is 1. The van der Waals surface area contributed by atoms with Crippen LogP contribution in [0.25, 0.3) is 0 Å². The molecule has 0 saturated carbocycles. The van der Waals surface area contributed by atoms with Crippen molar-refractivity contribution in [3.63, 3.8) is 0 Å². The molecule has 32 heavy (non-hydrogen) atoms. The van der Waals surface area contributed by atoms with Gasteiger partial charge in [0, 0.05) is 36.4 Å². The Labute approximate surface area is 205 Å². The summed E-state index contributed by atoms with van der Waals surface area (Å²) < 4.78 is 6.88. The van der Waals surface area contributed by atoms with E-state index in [9.17, 15) is 4.79 Å². The van der Waals surface area contributed by atoms with Gasteiger partial charge in [0.15, 0.2) is 5.11 Å². The third kappa shape index (κ3) is 6.92. The fraction of sp³-hybridized carbons (Fsp3) is 0.391. The SMILES string of the molecule is NC(=O)N(S)c1cccc(OCCCCCCCN2CCN(c3ccc(Cl)cc3)C2=S)c1. The zero-order valence-corrected chi connectivity index (χ0v) is 20.4. The number of amides is 2. The second-order valence-corrected chi connectivity index (χ2v) is 8.86. The predicted molar refractivity (Wildman–Crippen MR) is 139 cm³/mol. The minimum absolute atomic E-state index is 0.591. The lowest BCUT2D eigenvalue weighted by Crippen LogP contribution is -2.32. The number of rotatable bonds is 11. The monoisotopic (exact) mass is 492 g/mol. The summed E-state index contributed by atoms with van der Waals surface area (Å²) in [7, 11) is 0. The van der Waals surface area contributed by atoms with E-state index in [0.717, 1.165) is 65.4 Å². The second kappa shape index (κ2) is 12.2. The number of carbonyl (C=O) groups excluding carboxylic acids is 1. The molecule has 0 bridgehead atoms. The summed E-state index contributed by atoms with van der Waals surface area (Å²) in [6, 6.07) is 14.4. The van der Waals surface area contributed by atoms with Crippen LogP contribution in [0.5, 0.6) is 5.75 Å². The Balaban J connectivity index is 1.28. The van der Waals surface area contributed by atoms with Crippen molar-refractivity contribution in [2.24, 2.45) is 5.73 Å². The summed E-state index contributed by atoms with van der Waals surface area (Å²) in [5, 5.41) is 1.64. The van der Waals surface area contributed by atoms with Crippen LogP contribution in [0, 0.1) is 0 Å². The number of unbranched alkanes of at least 4 members (excludes halogenated alkanes) is 4. The molecule has 0 atom stereocenters. The van der Waals surface area contributed by atoms with E-state index in [1.807, 2.05) is 36.4 Å². The summed E-state index contributed by atoms with van der Waals surface area (Å²) in [5.74, 6) is 0.704. The number of anilines is 2. The number of nitrogens with zero attached hydrogens (tertiary/aromatic N) is 3. The molecule has 1 aliphatic rings. The molecule has 6 nitrogen and oxygen atoms in total. The van der Waals surface area contributed by atoms with Crippen LogP contribution < -0.4 is 19.7 Å². The van der Waals surface area contributed by atoms with Gasteiger partial charge in [0.2, 0.25) is 0 Å². The van der Waals surface area contributed by atoms with Gasteiger partial charge in [0.05, 0.1) is 12.3 Å². The molecule has 0 unspecified atom stereocenters. The average molecular weight is 493 g/mol. The Bertz CT molecular complexity index is 913. The highest BCUT2D eigenvalue weighted by Gasteiger charge is 2.25. The maximum atomic E-state index is 11.2. The molecule has 1 heterocycles. The van der Waals surface area contributed by atoms with E-state index in [4.69, 9.17) is 34.3 Å². The van der Waals surface area contributed by atoms with Gasteiger partial charge < -0.3 is 20.3 Å². The average Bonchev–Trinajstić information content (AvgIpc) is 3.16. The van der Waals surface area contributed by atoms with Crippen LogP contribution in [-0.4, -0.2) is 42.3 Å². The lowest BCUT2D eigenvalue weighted by atomic mass is 10.1. The highest BCUT2D eigenvalue weighted by Crippen LogP contribution is 2.24. The van der Waals surface area contributed by atoms with Crippen LogP contribution in [0.4, 0.5) is 16.2 Å². The molecular formula is C23H29ClN4O2S2. The number of urea groups is 1. The highest BCUT2D eigenvalue weighted by molar-refractivity contribution is 7.82. The fourth-order valence-corrected chi connectivity index (χ4v) is 4.24. The zero-order valence-electron chi connectivity index (χ0n) is 18.0. The molecule has 2 amide bonds. The molecule has 0 spiro atoms. The largest absolute Gasteiger partial charge is 0.494 e. The third-order valence-corrected chi connectivity index (χ3v) is 6.50. The summed E-state index contributed by atoms with van der Waals surface area (Å²) >= 11 is 15.7. The summed E-state index contributed by atoms with van der Waals surface area (Å²) in [4.78, 5) is 15.7. The highest BCUT2D eigenvalue weighted by atomic mass is 35.5. The maximum Gasteiger partial charge on any atom is 0.329 e. The van der Waals surface area contributed by atoms with Gasteiger partial charge in [0.1, 0.15) is 5.75 Å². The van der Waals surface area contributed by atoms with E-state index in [0.29, 0.717) is 18.0 Å². The van der Waals surface area contributed by atoms with Gasteiger partial charge >= 0.3 is 6.03 Å². The molecule has 2 N–H and O–H groups in total. The minimum atomic E-state index is -0.627. The first-order chi connectivity index (χ1) is 15.5. The van der Waals surface area contributed by atoms with E-state index >= 15 is 0 Å². The van der Waals surface area contributed by atoms with Gasteiger partial charge in [-0.2, -0.15) is 0 Å². The summed E-state index contributed by atoms with van der Waals surface area (Å²) in [6.07, 6.45) is 5.56. The molecule has 3 rings (SSSR count). The van der Waals surface area contributed by atoms with Crippen LogP contribution in [0.15, 0.2) is 48.5 Å². The fourth-order valence-electron chi connectivity index (χ4n) is 3.61. The number of benzene rings is 2. The number of nitrogens with two attached hydrogens (primary N) is 1. The Morgan fingerprint density at radius 3 is 2.56 bits per heavy atom. The number of ether oxygens (including phenoxy) is 1. The standard InChI is InChI=1S/C23H29ClN4O2S2/c24-18-9-11-19(12-10-18)27-15-14-26(23(27)31)13-4-2-1-3-5-16-30-21-8-6-7-20(17-21)28(32)22(25)29/h6-12,17,32H,1-5,13-16H2,(H2,25,29). The third-order valence-electron chi connectivity index (χ3n) is 5.35. The van der Waals surface area contributed by atoms with Crippen molar-refractivity contribution in [2.45, 2.75) is 32.1 Å². The van der Waals surface area contributed by atoms with Crippen LogP contribution in [0.2, 0.25) is 5.02 Å². The van der Waals surface area contributed by atoms with Crippen molar-refractivity contribution in [3.8, 4) is 5.75 Å². The molecular weight excluding hydrogens is 464 g/mol. The zero-order chi connectivity index (χ0) is 22.9. The van der Waals surface area contributed by atoms with Crippen LogP contribution in [0.3, 0.4) is 0 Å². The van der Waals surface area contributed by atoms with Crippen molar-refractivity contribution >= 4 is 59.2 Å². The van der Waals surface area contributed by atoms with E-state index in [-0.39, 0.29) is 0 Å². The number of hydrogen-bond donors (Lipinski definition) is 2. The Kier molecular flexibility index (Phi) is 9.32. The van der Waals surface area contributed by atoms with Crippen LogP contribution in [0.1, 0.15) is 32.1 Å². The molecule has 2 aromatic rings. The van der Waals surface area contributed by atoms with E-state index in [1.54, 1.807) is 12.1 Å². The number of thiocarbonyl (C=S) groups is 1. The first-order valence-electron chi connectivity index (χ1n) is 10.8. The van der Waals surface area contributed by atoms with E-state index < -0.39 is 6.03 Å².